The average Bonchev–Trinajstić information content (AvgIpc) is 2.81. The van der Waals surface area contributed by atoms with Gasteiger partial charge in [0.25, 0.3) is 0 Å². The molecule has 0 saturated heterocycles. The van der Waals surface area contributed by atoms with Crippen LogP contribution >= 0.6 is 0 Å². The molecule has 0 radical (unpaired) electrons. The number of rotatable bonds is 3. The van der Waals surface area contributed by atoms with E-state index in [1.807, 2.05) is 0 Å². The maximum Gasteiger partial charge on any atom is 0.0510 e. The molecule has 0 spiro atoms. The van der Waals surface area contributed by atoms with E-state index in [9.17, 15) is 0 Å². The van der Waals surface area contributed by atoms with Crippen molar-refractivity contribution < 1.29 is 0 Å². The number of hydrogen-bond acceptors (Lipinski definition) is 1. The first-order chi connectivity index (χ1) is 7.68. The van der Waals surface area contributed by atoms with E-state index in [0.717, 1.165) is 0 Å². The first-order valence-electron chi connectivity index (χ1n) is 6.23. The van der Waals surface area contributed by atoms with Gasteiger partial charge in [-0.1, -0.05) is 49.8 Å². The molecule has 86 valence electrons. The minimum absolute atomic E-state index is 0.115. The molecule has 2 rings (SSSR count). The van der Waals surface area contributed by atoms with Crippen LogP contribution in [0.4, 0.5) is 0 Å². The largest absolute Gasteiger partial charge is 0.321 e. The third-order valence-electron chi connectivity index (χ3n) is 3.44. The second-order valence-corrected chi connectivity index (χ2v) is 4.97. The molecule has 0 aliphatic heterocycles. The molecule has 0 bridgehead atoms. The Labute approximate surface area is 98.4 Å². The first kappa shape index (κ1) is 11.4. The van der Waals surface area contributed by atoms with E-state index < -0.39 is 0 Å². The van der Waals surface area contributed by atoms with Gasteiger partial charge < -0.3 is 5.73 Å². The van der Waals surface area contributed by atoms with Gasteiger partial charge in [-0.2, -0.15) is 0 Å². The standard InChI is InChI=1S/C15H21N/c1-11(2)12-7-9-14(10-8-12)15(16)13-5-3-4-6-13/h5,7-11,15H,3-4,6,16H2,1-2H3. The van der Waals surface area contributed by atoms with E-state index >= 15 is 0 Å². The molecule has 1 aromatic rings. The molecule has 1 aliphatic rings. The third-order valence-corrected chi connectivity index (χ3v) is 3.44. The Morgan fingerprint density at radius 2 is 1.69 bits per heavy atom. The van der Waals surface area contributed by atoms with Crippen molar-refractivity contribution in [3.05, 3.63) is 47.0 Å². The molecule has 1 aliphatic carbocycles. The van der Waals surface area contributed by atoms with Gasteiger partial charge in [0, 0.05) is 0 Å². The van der Waals surface area contributed by atoms with E-state index in [-0.39, 0.29) is 6.04 Å². The highest BCUT2D eigenvalue weighted by Gasteiger charge is 2.14. The molecule has 1 heteroatoms. The molecule has 0 saturated carbocycles. The lowest BCUT2D eigenvalue weighted by molar-refractivity contribution is 0.782. The Balaban J connectivity index is 2.14. The summed E-state index contributed by atoms with van der Waals surface area (Å²) in [7, 11) is 0. The van der Waals surface area contributed by atoms with Gasteiger partial charge in [0.15, 0.2) is 0 Å². The Bertz CT molecular complexity index is 373. The van der Waals surface area contributed by atoms with Gasteiger partial charge in [-0.15, -0.1) is 0 Å². The summed E-state index contributed by atoms with van der Waals surface area (Å²) in [6, 6.07) is 8.88. The van der Waals surface area contributed by atoms with Crippen LogP contribution in [0.15, 0.2) is 35.9 Å². The molecular weight excluding hydrogens is 194 g/mol. The van der Waals surface area contributed by atoms with Crippen LogP contribution in [0.3, 0.4) is 0 Å². The monoisotopic (exact) mass is 215 g/mol. The number of benzene rings is 1. The Hall–Kier alpha value is -1.08. The summed E-state index contributed by atoms with van der Waals surface area (Å²) in [6.07, 6.45) is 5.95. The Kier molecular flexibility index (Phi) is 3.45. The summed E-state index contributed by atoms with van der Waals surface area (Å²) < 4.78 is 0. The van der Waals surface area contributed by atoms with Crippen molar-refractivity contribution in [1.29, 1.82) is 0 Å². The summed E-state index contributed by atoms with van der Waals surface area (Å²) in [6.45, 7) is 4.43. The smallest absolute Gasteiger partial charge is 0.0510 e. The molecule has 1 unspecified atom stereocenters. The summed E-state index contributed by atoms with van der Waals surface area (Å²) in [5, 5.41) is 0. The number of nitrogens with two attached hydrogens (primary N) is 1. The van der Waals surface area contributed by atoms with Gasteiger partial charge >= 0.3 is 0 Å². The van der Waals surface area contributed by atoms with Gasteiger partial charge in [0.05, 0.1) is 6.04 Å². The molecular formula is C15H21N. The molecule has 0 aromatic heterocycles. The number of hydrogen-bond donors (Lipinski definition) is 1. The zero-order chi connectivity index (χ0) is 11.5. The molecule has 0 heterocycles. The topological polar surface area (TPSA) is 26.0 Å². The Morgan fingerprint density at radius 1 is 1.06 bits per heavy atom. The fraction of sp³-hybridized carbons (Fsp3) is 0.467. The molecule has 1 atom stereocenters. The van der Waals surface area contributed by atoms with Crippen molar-refractivity contribution in [2.24, 2.45) is 5.73 Å². The SMILES string of the molecule is CC(C)c1ccc(C(N)C2=CCCC2)cc1. The number of allylic oxidation sites excluding steroid dienone is 1. The van der Waals surface area contributed by atoms with Gasteiger partial charge in [-0.3, -0.25) is 0 Å². The molecule has 2 N–H and O–H groups in total. The first-order valence-corrected chi connectivity index (χ1v) is 6.23. The minimum Gasteiger partial charge on any atom is -0.321 e. The van der Waals surface area contributed by atoms with E-state index in [4.69, 9.17) is 5.73 Å². The lowest BCUT2D eigenvalue weighted by Crippen LogP contribution is -2.12. The van der Waals surface area contributed by atoms with Crippen LogP contribution < -0.4 is 5.73 Å². The highest BCUT2D eigenvalue weighted by molar-refractivity contribution is 5.32. The van der Waals surface area contributed by atoms with Crippen molar-refractivity contribution >= 4 is 0 Å². The fourth-order valence-electron chi connectivity index (χ4n) is 2.28. The van der Waals surface area contributed by atoms with Crippen LogP contribution in [0, 0.1) is 0 Å². The lowest BCUT2D eigenvalue weighted by Gasteiger charge is -2.14. The third kappa shape index (κ3) is 2.35. The minimum atomic E-state index is 0.115. The van der Waals surface area contributed by atoms with Crippen molar-refractivity contribution in [2.75, 3.05) is 0 Å². The van der Waals surface area contributed by atoms with E-state index in [0.29, 0.717) is 5.92 Å². The van der Waals surface area contributed by atoms with Crippen LogP contribution in [0.25, 0.3) is 0 Å². The maximum absolute atomic E-state index is 6.26. The zero-order valence-corrected chi connectivity index (χ0v) is 10.2. The van der Waals surface area contributed by atoms with Crippen molar-refractivity contribution in [3.8, 4) is 0 Å². The highest BCUT2D eigenvalue weighted by atomic mass is 14.6. The summed E-state index contributed by atoms with van der Waals surface area (Å²) in [5.74, 6) is 0.593. The zero-order valence-electron chi connectivity index (χ0n) is 10.2. The Morgan fingerprint density at radius 3 is 2.19 bits per heavy atom. The maximum atomic E-state index is 6.26. The van der Waals surface area contributed by atoms with Crippen LogP contribution in [-0.4, -0.2) is 0 Å². The second-order valence-electron chi connectivity index (χ2n) is 4.97. The van der Waals surface area contributed by atoms with E-state index in [1.54, 1.807) is 0 Å². The lowest BCUT2D eigenvalue weighted by atomic mass is 9.95. The van der Waals surface area contributed by atoms with Gasteiger partial charge in [-0.25, -0.2) is 0 Å². The molecule has 0 amide bonds. The summed E-state index contributed by atoms with van der Waals surface area (Å²) >= 11 is 0. The quantitative estimate of drug-likeness (QED) is 0.760. The van der Waals surface area contributed by atoms with Crippen LogP contribution in [0.5, 0.6) is 0 Å². The normalized spacial score (nSPS) is 17.6. The molecule has 0 fully saturated rings. The summed E-state index contributed by atoms with van der Waals surface area (Å²) in [4.78, 5) is 0. The van der Waals surface area contributed by atoms with E-state index in [1.165, 1.54) is 36.0 Å². The van der Waals surface area contributed by atoms with Gasteiger partial charge in [0.2, 0.25) is 0 Å². The van der Waals surface area contributed by atoms with Crippen LogP contribution in [0.2, 0.25) is 0 Å². The van der Waals surface area contributed by atoms with Crippen LogP contribution in [-0.2, 0) is 0 Å². The van der Waals surface area contributed by atoms with Crippen molar-refractivity contribution in [1.82, 2.24) is 0 Å². The molecule has 1 aromatic carbocycles. The van der Waals surface area contributed by atoms with Gasteiger partial charge in [0.1, 0.15) is 0 Å². The predicted octanol–water partition coefficient (Wildman–Crippen LogP) is 3.92. The van der Waals surface area contributed by atoms with Crippen molar-refractivity contribution in [3.63, 3.8) is 0 Å². The predicted molar refractivity (Wildman–Crippen MR) is 69.4 cm³/mol. The van der Waals surface area contributed by atoms with E-state index in [2.05, 4.69) is 44.2 Å². The molecule has 1 nitrogen and oxygen atoms in total. The van der Waals surface area contributed by atoms with Crippen molar-refractivity contribution in [2.45, 2.75) is 45.1 Å². The highest BCUT2D eigenvalue weighted by Crippen LogP contribution is 2.29. The fourth-order valence-corrected chi connectivity index (χ4v) is 2.28. The average molecular weight is 215 g/mol. The van der Waals surface area contributed by atoms with Gasteiger partial charge in [-0.05, 0) is 36.3 Å². The summed E-state index contributed by atoms with van der Waals surface area (Å²) in [5.41, 5.74) is 10.3. The second kappa shape index (κ2) is 4.84. The molecule has 16 heavy (non-hydrogen) atoms. The van der Waals surface area contributed by atoms with Crippen LogP contribution in [0.1, 0.15) is 56.2 Å².